The molecule has 1 atom stereocenters. The van der Waals surface area contributed by atoms with Gasteiger partial charge >= 0.3 is 0 Å². The molecular formula is C25H21BrFN3O2S. The molecule has 0 unspecified atom stereocenters. The monoisotopic (exact) mass is 525 g/mol. The summed E-state index contributed by atoms with van der Waals surface area (Å²) >= 11 is 5.05. The second-order valence-electron chi connectivity index (χ2n) is 8.40. The van der Waals surface area contributed by atoms with Gasteiger partial charge in [-0.2, -0.15) is 0 Å². The van der Waals surface area contributed by atoms with E-state index in [-0.39, 0.29) is 24.2 Å². The molecule has 1 aliphatic rings. The Balaban J connectivity index is 1.50. The summed E-state index contributed by atoms with van der Waals surface area (Å²) in [6.07, 6.45) is 0. The molecule has 0 saturated heterocycles. The van der Waals surface area contributed by atoms with Gasteiger partial charge in [0.2, 0.25) is 5.91 Å². The van der Waals surface area contributed by atoms with Crippen LogP contribution in [0.15, 0.2) is 70.5 Å². The first-order chi connectivity index (χ1) is 15.8. The SMILES string of the molecule is C[C@]1(C(=O)NCc2ccc(F)cc2)Cn2c(cc3ccsc32)C(=O)N1Cc1cccc(Br)c1. The van der Waals surface area contributed by atoms with Gasteiger partial charge < -0.3 is 14.8 Å². The van der Waals surface area contributed by atoms with E-state index in [1.807, 2.05) is 53.3 Å². The lowest BCUT2D eigenvalue weighted by Crippen LogP contribution is -2.63. The topological polar surface area (TPSA) is 54.3 Å². The number of hydrogen-bond donors (Lipinski definition) is 1. The van der Waals surface area contributed by atoms with Crippen LogP contribution in [-0.2, 0) is 24.4 Å². The van der Waals surface area contributed by atoms with Crippen molar-refractivity contribution in [2.24, 2.45) is 0 Å². The number of thiophene rings is 1. The van der Waals surface area contributed by atoms with Crippen LogP contribution in [0.5, 0.6) is 0 Å². The molecule has 0 bridgehead atoms. The molecule has 1 N–H and O–H groups in total. The van der Waals surface area contributed by atoms with Crippen molar-refractivity contribution in [2.75, 3.05) is 0 Å². The zero-order chi connectivity index (χ0) is 23.2. The number of aromatic nitrogens is 1. The molecule has 168 valence electrons. The maximum atomic E-state index is 13.7. The van der Waals surface area contributed by atoms with Crippen molar-refractivity contribution in [3.8, 4) is 0 Å². The maximum absolute atomic E-state index is 13.7. The lowest BCUT2D eigenvalue weighted by Gasteiger charge is -2.44. The minimum Gasteiger partial charge on any atom is -0.350 e. The van der Waals surface area contributed by atoms with E-state index in [0.717, 1.165) is 25.8 Å². The van der Waals surface area contributed by atoms with Crippen molar-refractivity contribution >= 4 is 49.3 Å². The third-order valence-corrected chi connectivity index (χ3v) is 7.56. The lowest BCUT2D eigenvalue weighted by molar-refractivity contribution is -0.133. The van der Waals surface area contributed by atoms with Gasteiger partial charge in [-0.15, -0.1) is 11.3 Å². The molecule has 0 spiro atoms. The highest BCUT2D eigenvalue weighted by atomic mass is 79.9. The van der Waals surface area contributed by atoms with E-state index in [9.17, 15) is 14.0 Å². The van der Waals surface area contributed by atoms with Gasteiger partial charge in [-0.3, -0.25) is 9.59 Å². The van der Waals surface area contributed by atoms with Gasteiger partial charge in [-0.1, -0.05) is 40.2 Å². The molecular weight excluding hydrogens is 505 g/mol. The van der Waals surface area contributed by atoms with Crippen molar-refractivity contribution in [3.63, 3.8) is 0 Å². The molecule has 2 aromatic heterocycles. The van der Waals surface area contributed by atoms with Crippen molar-refractivity contribution in [1.29, 1.82) is 0 Å². The van der Waals surface area contributed by atoms with Crippen molar-refractivity contribution < 1.29 is 14.0 Å². The predicted octanol–water partition coefficient (Wildman–Crippen LogP) is 5.34. The lowest BCUT2D eigenvalue weighted by atomic mass is 9.93. The summed E-state index contributed by atoms with van der Waals surface area (Å²) in [7, 11) is 0. The Morgan fingerprint density at radius 1 is 1.15 bits per heavy atom. The van der Waals surface area contributed by atoms with Crippen LogP contribution in [0.3, 0.4) is 0 Å². The van der Waals surface area contributed by atoms with Crippen LogP contribution in [-0.4, -0.2) is 26.8 Å². The minimum absolute atomic E-state index is 0.177. The van der Waals surface area contributed by atoms with Gasteiger partial charge in [-0.05, 0) is 59.8 Å². The molecule has 0 aliphatic carbocycles. The van der Waals surface area contributed by atoms with Crippen LogP contribution in [0.25, 0.3) is 10.2 Å². The fourth-order valence-electron chi connectivity index (χ4n) is 4.30. The van der Waals surface area contributed by atoms with Crippen LogP contribution in [0, 0.1) is 5.82 Å². The van der Waals surface area contributed by atoms with Gasteiger partial charge in [0, 0.05) is 22.9 Å². The number of nitrogens with zero attached hydrogens (tertiary/aromatic N) is 2. The third-order valence-electron chi connectivity index (χ3n) is 6.11. The predicted molar refractivity (Wildman–Crippen MR) is 130 cm³/mol. The highest BCUT2D eigenvalue weighted by Crippen LogP contribution is 2.35. The zero-order valence-electron chi connectivity index (χ0n) is 17.8. The van der Waals surface area contributed by atoms with Crippen LogP contribution >= 0.6 is 27.3 Å². The summed E-state index contributed by atoms with van der Waals surface area (Å²) in [5, 5.41) is 5.96. The van der Waals surface area contributed by atoms with E-state index >= 15 is 0 Å². The summed E-state index contributed by atoms with van der Waals surface area (Å²) in [4.78, 5) is 29.9. The Labute approximate surface area is 203 Å². The summed E-state index contributed by atoms with van der Waals surface area (Å²) in [5.41, 5.74) is 1.20. The van der Waals surface area contributed by atoms with Crippen molar-refractivity contribution in [2.45, 2.75) is 32.1 Å². The Morgan fingerprint density at radius 2 is 1.94 bits per heavy atom. The minimum atomic E-state index is -1.11. The van der Waals surface area contributed by atoms with Crippen LogP contribution in [0.1, 0.15) is 28.5 Å². The van der Waals surface area contributed by atoms with Gasteiger partial charge in [0.25, 0.3) is 5.91 Å². The first kappa shape index (κ1) is 21.9. The first-order valence-electron chi connectivity index (χ1n) is 10.5. The molecule has 5 rings (SSSR count). The van der Waals surface area contributed by atoms with Crippen molar-refractivity contribution in [1.82, 2.24) is 14.8 Å². The van der Waals surface area contributed by atoms with Gasteiger partial charge in [0.05, 0.1) is 6.54 Å². The standard InChI is InChI=1S/C25H21BrFN3O2S/c1-25(24(32)28-13-16-5-7-20(27)8-6-16)15-29-21(12-18-9-10-33-23(18)29)22(31)30(25)14-17-3-2-4-19(26)11-17/h2-12H,13-15H2,1H3,(H,28,32)/t25-/m1/s1. The Morgan fingerprint density at radius 3 is 2.70 bits per heavy atom. The Hall–Kier alpha value is -2.97. The second-order valence-corrected chi connectivity index (χ2v) is 10.2. The fraction of sp³-hybridized carbons (Fsp3) is 0.200. The molecule has 0 radical (unpaired) electrons. The van der Waals surface area contributed by atoms with Gasteiger partial charge in [0.15, 0.2) is 0 Å². The maximum Gasteiger partial charge on any atom is 0.271 e. The number of carbonyl (C=O) groups is 2. The summed E-state index contributed by atoms with van der Waals surface area (Å²) in [6.45, 7) is 2.71. The quantitative estimate of drug-likeness (QED) is 0.382. The summed E-state index contributed by atoms with van der Waals surface area (Å²) in [5.74, 6) is -0.751. The molecule has 4 aromatic rings. The van der Waals surface area contributed by atoms with Gasteiger partial charge in [0.1, 0.15) is 21.9 Å². The number of rotatable bonds is 5. The van der Waals surface area contributed by atoms with E-state index in [0.29, 0.717) is 18.8 Å². The Kier molecular flexibility index (Phi) is 5.58. The smallest absolute Gasteiger partial charge is 0.271 e. The average molecular weight is 526 g/mol. The largest absolute Gasteiger partial charge is 0.350 e. The molecule has 1 aliphatic heterocycles. The molecule has 2 aromatic carbocycles. The van der Waals surface area contributed by atoms with Crippen LogP contribution in [0.2, 0.25) is 0 Å². The number of halogens is 2. The first-order valence-corrected chi connectivity index (χ1v) is 12.2. The zero-order valence-corrected chi connectivity index (χ0v) is 20.2. The number of hydrogen-bond acceptors (Lipinski definition) is 3. The molecule has 3 heterocycles. The normalized spacial score (nSPS) is 17.9. The summed E-state index contributed by atoms with van der Waals surface area (Å²) in [6, 6.07) is 17.6. The number of nitrogens with one attached hydrogen (secondary N) is 1. The number of benzene rings is 2. The molecule has 0 fully saturated rings. The molecule has 33 heavy (non-hydrogen) atoms. The molecule has 0 saturated carbocycles. The van der Waals surface area contributed by atoms with Crippen LogP contribution < -0.4 is 5.32 Å². The van der Waals surface area contributed by atoms with E-state index in [1.165, 1.54) is 12.1 Å². The number of carbonyl (C=O) groups excluding carboxylic acids is 2. The molecule has 2 amide bonds. The van der Waals surface area contributed by atoms with E-state index < -0.39 is 5.54 Å². The summed E-state index contributed by atoms with van der Waals surface area (Å²) < 4.78 is 16.1. The van der Waals surface area contributed by atoms with Crippen molar-refractivity contribution in [3.05, 3.63) is 93.2 Å². The van der Waals surface area contributed by atoms with Crippen LogP contribution in [0.4, 0.5) is 4.39 Å². The van der Waals surface area contributed by atoms with E-state index in [1.54, 1.807) is 28.4 Å². The number of amides is 2. The highest BCUT2D eigenvalue weighted by molar-refractivity contribution is 9.10. The average Bonchev–Trinajstić information content (AvgIpc) is 3.38. The van der Waals surface area contributed by atoms with E-state index in [2.05, 4.69) is 21.2 Å². The molecule has 5 nitrogen and oxygen atoms in total. The second kappa shape index (κ2) is 8.43. The number of fused-ring (bicyclic) bond motifs is 3. The third kappa shape index (κ3) is 3.98. The fourth-order valence-corrected chi connectivity index (χ4v) is 5.64. The molecule has 8 heteroatoms. The van der Waals surface area contributed by atoms with Gasteiger partial charge in [-0.25, -0.2) is 4.39 Å². The highest BCUT2D eigenvalue weighted by Gasteiger charge is 2.47. The Bertz CT molecular complexity index is 1360. The van der Waals surface area contributed by atoms with E-state index in [4.69, 9.17) is 0 Å².